The quantitative estimate of drug-likeness (QED) is 0.818. The van der Waals surface area contributed by atoms with E-state index in [0.29, 0.717) is 5.41 Å². The predicted octanol–water partition coefficient (Wildman–Crippen LogP) is 2.98. The molecule has 0 radical (unpaired) electrons. The van der Waals surface area contributed by atoms with Crippen molar-refractivity contribution >= 4 is 0 Å². The van der Waals surface area contributed by atoms with Crippen LogP contribution in [0.25, 0.3) is 0 Å². The summed E-state index contributed by atoms with van der Waals surface area (Å²) >= 11 is 0. The third kappa shape index (κ3) is 2.75. The maximum absolute atomic E-state index is 5.92. The lowest BCUT2D eigenvalue weighted by molar-refractivity contribution is -0.0551. The molecule has 4 nitrogen and oxygen atoms in total. The van der Waals surface area contributed by atoms with Crippen LogP contribution in [0.15, 0.2) is 4.42 Å². The first-order chi connectivity index (χ1) is 10.2. The van der Waals surface area contributed by atoms with E-state index >= 15 is 0 Å². The molecule has 0 spiro atoms. The minimum Gasteiger partial charge on any atom is -0.425 e. The van der Waals surface area contributed by atoms with Crippen LogP contribution in [0.1, 0.15) is 56.7 Å². The minimum absolute atomic E-state index is 0.503. The van der Waals surface area contributed by atoms with E-state index in [0.717, 1.165) is 55.3 Å². The van der Waals surface area contributed by atoms with Crippen LogP contribution >= 0.6 is 0 Å². The number of aryl methyl sites for hydroxylation is 1. The SMILES string of the molecule is CNCCCc1nnc(CC23CC4CC(CC(C4)C2)C3)o1. The lowest BCUT2D eigenvalue weighted by Crippen LogP contribution is -2.47. The molecule has 1 aromatic heterocycles. The Kier molecular flexibility index (Phi) is 3.52. The minimum atomic E-state index is 0.503. The molecule has 21 heavy (non-hydrogen) atoms. The van der Waals surface area contributed by atoms with E-state index in [2.05, 4.69) is 15.5 Å². The molecule has 0 atom stereocenters. The van der Waals surface area contributed by atoms with E-state index in [1.165, 1.54) is 38.5 Å². The Labute approximate surface area is 127 Å². The van der Waals surface area contributed by atoms with Crippen LogP contribution in [-0.4, -0.2) is 23.8 Å². The van der Waals surface area contributed by atoms with Crippen molar-refractivity contribution in [3.05, 3.63) is 11.8 Å². The van der Waals surface area contributed by atoms with Gasteiger partial charge in [0.15, 0.2) is 0 Å². The highest BCUT2D eigenvalue weighted by atomic mass is 16.4. The molecule has 0 aliphatic heterocycles. The van der Waals surface area contributed by atoms with Crippen LogP contribution in [0.4, 0.5) is 0 Å². The second-order valence-corrected chi connectivity index (χ2v) is 7.89. The van der Waals surface area contributed by atoms with E-state index in [9.17, 15) is 0 Å². The molecule has 4 saturated carbocycles. The van der Waals surface area contributed by atoms with E-state index in [1.807, 2.05) is 7.05 Å². The largest absolute Gasteiger partial charge is 0.425 e. The topological polar surface area (TPSA) is 51.0 Å². The van der Waals surface area contributed by atoms with Crippen LogP contribution in [0.5, 0.6) is 0 Å². The van der Waals surface area contributed by atoms with Gasteiger partial charge in [0.05, 0.1) is 0 Å². The van der Waals surface area contributed by atoms with E-state index in [1.54, 1.807) is 0 Å². The summed E-state index contributed by atoms with van der Waals surface area (Å²) in [5, 5.41) is 11.7. The summed E-state index contributed by atoms with van der Waals surface area (Å²) < 4.78 is 5.92. The summed E-state index contributed by atoms with van der Waals surface area (Å²) in [6.07, 6.45) is 11.7. The predicted molar refractivity (Wildman–Crippen MR) is 80.9 cm³/mol. The fourth-order valence-electron chi connectivity index (χ4n) is 5.70. The Morgan fingerprint density at radius 2 is 1.67 bits per heavy atom. The van der Waals surface area contributed by atoms with Gasteiger partial charge >= 0.3 is 0 Å². The van der Waals surface area contributed by atoms with Gasteiger partial charge in [-0.1, -0.05) is 0 Å². The van der Waals surface area contributed by atoms with Gasteiger partial charge in [0.1, 0.15) is 0 Å². The van der Waals surface area contributed by atoms with Gasteiger partial charge in [-0.05, 0) is 81.7 Å². The Bertz CT molecular complexity index is 461. The summed E-state index contributed by atoms with van der Waals surface area (Å²) in [5.74, 6) is 4.71. The van der Waals surface area contributed by atoms with E-state index in [4.69, 9.17) is 4.42 Å². The van der Waals surface area contributed by atoms with Crippen molar-refractivity contribution in [3.63, 3.8) is 0 Å². The summed E-state index contributed by atoms with van der Waals surface area (Å²) in [4.78, 5) is 0. The van der Waals surface area contributed by atoms with Crippen molar-refractivity contribution in [2.24, 2.45) is 23.2 Å². The number of nitrogens with zero attached hydrogens (tertiary/aromatic N) is 2. The number of aromatic nitrogens is 2. The van der Waals surface area contributed by atoms with E-state index < -0.39 is 0 Å². The van der Waals surface area contributed by atoms with Gasteiger partial charge in [0.2, 0.25) is 11.8 Å². The zero-order valence-electron chi connectivity index (χ0n) is 13.1. The van der Waals surface area contributed by atoms with Crippen molar-refractivity contribution in [3.8, 4) is 0 Å². The van der Waals surface area contributed by atoms with Crippen molar-refractivity contribution in [1.82, 2.24) is 15.5 Å². The maximum atomic E-state index is 5.92. The lowest BCUT2D eigenvalue weighted by atomic mass is 9.49. The lowest BCUT2D eigenvalue weighted by Gasteiger charge is -2.56. The second-order valence-electron chi connectivity index (χ2n) is 7.89. The molecule has 1 N–H and O–H groups in total. The first kappa shape index (κ1) is 13.7. The average molecular weight is 289 g/mol. The van der Waals surface area contributed by atoms with Gasteiger partial charge in [0.25, 0.3) is 0 Å². The normalized spacial score (nSPS) is 37.3. The van der Waals surface area contributed by atoms with Crippen molar-refractivity contribution in [2.45, 2.75) is 57.8 Å². The molecule has 0 aromatic carbocycles. The molecule has 4 aliphatic rings. The zero-order valence-corrected chi connectivity index (χ0v) is 13.1. The first-order valence-electron chi connectivity index (χ1n) is 8.70. The number of hydrogen-bond donors (Lipinski definition) is 1. The second kappa shape index (κ2) is 5.38. The molecule has 0 saturated heterocycles. The zero-order chi connectivity index (χ0) is 14.3. The molecule has 4 aliphatic carbocycles. The molecule has 0 unspecified atom stereocenters. The number of hydrogen-bond acceptors (Lipinski definition) is 4. The molecule has 4 heteroatoms. The molecule has 116 valence electrons. The van der Waals surface area contributed by atoms with Gasteiger partial charge < -0.3 is 9.73 Å². The van der Waals surface area contributed by atoms with E-state index in [-0.39, 0.29) is 0 Å². The average Bonchev–Trinajstić information content (AvgIpc) is 2.84. The molecule has 1 aromatic rings. The Balaban J connectivity index is 1.41. The number of rotatable bonds is 6. The molecule has 5 rings (SSSR count). The molecular formula is C17H27N3O. The van der Waals surface area contributed by atoms with Crippen molar-refractivity contribution < 1.29 is 4.42 Å². The highest BCUT2D eigenvalue weighted by Gasteiger charge is 2.51. The first-order valence-corrected chi connectivity index (χ1v) is 8.70. The van der Waals surface area contributed by atoms with Gasteiger partial charge in [0, 0.05) is 12.8 Å². The molecule has 1 heterocycles. The summed E-state index contributed by atoms with van der Waals surface area (Å²) in [6, 6.07) is 0. The third-order valence-corrected chi connectivity index (χ3v) is 6.02. The van der Waals surface area contributed by atoms with Crippen molar-refractivity contribution in [1.29, 1.82) is 0 Å². The van der Waals surface area contributed by atoms with Crippen LogP contribution in [0.2, 0.25) is 0 Å². The third-order valence-electron chi connectivity index (χ3n) is 6.02. The van der Waals surface area contributed by atoms with Crippen LogP contribution in [0.3, 0.4) is 0 Å². The maximum Gasteiger partial charge on any atom is 0.217 e. The number of nitrogens with one attached hydrogen (secondary N) is 1. The highest BCUT2D eigenvalue weighted by molar-refractivity contribution is 5.04. The Morgan fingerprint density at radius 1 is 1.05 bits per heavy atom. The van der Waals surface area contributed by atoms with Gasteiger partial charge in [-0.15, -0.1) is 10.2 Å². The Hall–Kier alpha value is -0.900. The van der Waals surface area contributed by atoms with Gasteiger partial charge in [-0.2, -0.15) is 0 Å². The monoisotopic (exact) mass is 289 g/mol. The van der Waals surface area contributed by atoms with Crippen LogP contribution < -0.4 is 5.32 Å². The molecular weight excluding hydrogens is 262 g/mol. The highest BCUT2D eigenvalue weighted by Crippen LogP contribution is 2.60. The van der Waals surface area contributed by atoms with Crippen LogP contribution in [-0.2, 0) is 12.8 Å². The van der Waals surface area contributed by atoms with Gasteiger partial charge in [-0.25, -0.2) is 0 Å². The summed E-state index contributed by atoms with van der Waals surface area (Å²) in [5.41, 5.74) is 0.503. The summed E-state index contributed by atoms with van der Waals surface area (Å²) in [6.45, 7) is 1.01. The fourth-order valence-corrected chi connectivity index (χ4v) is 5.70. The molecule has 0 amide bonds. The summed E-state index contributed by atoms with van der Waals surface area (Å²) in [7, 11) is 1.98. The fraction of sp³-hybridized carbons (Fsp3) is 0.882. The van der Waals surface area contributed by atoms with Crippen LogP contribution in [0, 0.1) is 23.2 Å². The Morgan fingerprint density at radius 3 is 2.29 bits per heavy atom. The standard InChI is InChI=1S/C17H27N3O/c1-18-4-2-3-15-19-20-16(21-15)11-17-8-12-5-13(9-17)7-14(6-12)10-17/h12-14,18H,2-11H2,1H3. The molecule has 4 bridgehead atoms. The van der Waals surface area contributed by atoms with Crippen molar-refractivity contribution in [2.75, 3.05) is 13.6 Å². The van der Waals surface area contributed by atoms with Gasteiger partial charge in [-0.3, -0.25) is 0 Å². The smallest absolute Gasteiger partial charge is 0.217 e. The molecule has 4 fully saturated rings.